The van der Waals surface area contributed by atoms with Crippen molar-refractivity contribution in [2.45, 2.75) is 31.9 Å². The van der Waals surface area contributed by atoms with Gasteiger partial charge in [-0.15, -0.1) is 0 Å². The molecule has 1 aliphatic rings. The first kappa shape index (κ1) is 15.5. The van der Waals surface area contributed by atoms with Crippen molar-refractivity contribution < 1.29 is 14.3 Å². The van der Waals surface area contributed by atoms with Crippen LogP contribution in [0.4, 0.5) is 0 Å². The number of aromatic nitrogens is 2. The highest BCUT2D eigenvalue weighted by Gasteiger charge is 2.28. The SMILES string of the molecule is COC1CCCCN(CC(=O)N(C)Cc2ncc[nH]2)C1=O. The van der Waals surface area contributed by atoms with Gasteiger partial charge in [-0.25, -0.2) is 4.98 Å². The van der Waals surface area contributed by atoms with Crippen LogP contribution < -0.4 is 0 Å². The van der Waals surface area contributed by atoms with Gasteiger partial charge in [0.05, 0.1) is 13.1 Å². The monoisotopic (exact) mass is 294 g/mol. The maximum atomic E-state index is 12.3. The fourth-order valence-corrected chi connectivity index (χ4v) is 2.43. The van der Waals surface area contributed by atoms with E-state index in [2.05, 4.69) is 9.97 Å². The van der Waals surface area contributed by atoms with Crippen LogP contribution in [0, 0.1) is 0 Å². The predicted octanol–water partition coefficient (Wildman–Crippen LogP) is 0.396. The number of ether oxygens (including phenoxy) is 1. The highest BCUT2D eigenvalue weighted by atomic mass is 16.5. The fraction of sp³-hybridized carbons (Fsp3) is 0.643. The number of methoxy groups -OCH3 is 1. The molecule has 2 amide bonds. The molecular formula is C14H22N4O3. The van der Waals surface area contributed by atoms with Crippen LogP contribution in [0.2, 0.25) is 0 Å². The number of likely N-dealkylation sites (N-methyl/N-ethyl adjacent to an activating group) is 1. The zero-order valence-corrected chi connectivity index (χ0v) is 12.5. The number of aromatic amines is 1. The lowest BCUT2D eigenvalue weighted by atomic mass is 10.2. The second-order valence-electron chi connectivity index (χ2n) is 5.27. The molecule has 0 spiro atoms. The van der Waals surface area contributed by atoms with E-state index in [0.717, 1.165) is 25.1 Å². The van der Waals surface area contributed by atoms with Crippen LogP contribution in [0.25, 0.3) is 0 Å². The predicted molar refractivity (Wildman–Crippen MR) is 76.3 cm³/mol. The minimum absolute atomic E-state index is 0.0882. The molecule has 1 aliphatic heterocycles. The zero-order valence-electron chi connectivity index (χ0n) is 12.5. The van der Waals surface area contributed by atoms with E-state index in [4.69, 9.17) is 4.74 Å². The van der Waals surface area contributed by atoms with E-state index in [1.807, 2.05) is 0 Å². The van der Waals surface area contributed by atoms with Gasteiger partial charge in [0.1, 0.15) is 11.9 Å². The molecule has 1 atom stereocenters. The summed E-state index contributed by atoms with van der Waals surface area (Å²) >= 11 is 0. The molecule has 116 valence electrons. The van der Waals surface area contributed by atoms with E-state index < -0.39 is 6.10 Å². The first-order valence-electron chi connectivity index (χ1n) is 7.15. The summed E-state index contributed by atoms with van der Waals surface area (Å²) in [7, 11) is 3.25. The molecule has 1 fully saturated rings. The highest BCUT2D eigenvalue weighted by molar-refractivity contribution is 5.87. The summed E-state index contributed by atoms with van der Waals surface area (Å²) in [5.41, 5.74) is 0. The van der Waals surface area contributed by atoms with Crippen LogP contribution in [0.1, 0.15) is 25.1 Å². The van der Waals surface area contributed by atoms with Crippen molar-refractivity contribution in [2.24, 2.45) is 0 Å². The van der Waals surface area contributed by atoms with Gasteiger partial charge in [-0.2, -0.15) is 0 Å². The average molecular weight is 294 g/mol. The maximum absolute atomic E-state index is 12.3. The number of likely N-dealkylation sites (tertiary alicyclic amines) is 1. The standard InChI is InChI=1S/C14H22N4O3/c1-17(9-12-15-6-7-16-12)13(19)10-18-8-4-3-5-11(21-2)14(18)20/h6-7,11H,3-5,8-10H2,1-2H3,(H,15,16). The van der Waals surface area contributed by atoms with E-state index in [-0.39, 0.29) is 18.4 Å². The van der Waals surface area contributed by atoms with Crippen LogP contribution in [-0.4, -0.2) is 64.9 Å². The lowest BCUT2D eigenvalue weighted by molar-refractivity contribution is -0.146. The largest absolute Gasteiger partial charge is 0.372 e. The molecule has 0 aromatic carbocycles. The summed E-state index contributed by atoms with van der Waals surface area (Å²) < 4.78 is 5.21. The fourth-order valence-electron chi connectivity index (χ4n) is 2.43. The Hall–Kier alpha value is -1.89. The van der Waals surface area contributed by atoms with Gasteiger partial charge in [0.15, 0.2) is 0 Å². The third kappa shape index (κ3) is 4.04. The lowest BCUT2D eigenvalue weighted by Crippen LogP contribution is -2.45. The molecule has 7 nitrogen and oxygen atoms in total. The van der Waals surface area contributed by atoms with Crippen LogP contribution in [0.15, 0.2) is 12.4 Å². The van der Waals surface area contributed by atoms with E-state index in [1.54, 1.807) is 29.2 Å². The second-order valence-corrected chi connectivity index (χ2v) is 5.27. The van der Waals surface area contributed by atoms with E-state index in [1.165, 1.54) is 7.11 Å². The Morgan fingerprint density at radius 2 is 2.38 bits per heavy atom. The first-order chi connectivity index (χ1) is 10.1. The third-order valence-corrected chi connectivity index (χ3v) is 3.71. The van der Waals surface area contributed by atoms with Crippen molar-refractivity contribution in [1.29, 1.82) is 0 Å². The number of carbonyl (C=O) groups excluding carboxylic acids is 2. The molecule has 2 rings (SSSR count). The van der Waals surface area contributed by atoms with Crippen LogP contribution >= 0.6 is 0 Å². The molecule has 1 aromatic rings. The van der Waals surface area contributed by atoms with Gasteiger partial charge in [-0.1, -0.05) is 0 Å². The highest BCUT2D eigenvalue weighted by Crippen LogP contribution is 2.14. The molecule has 0 radical (unpaired) electrons. The van der Waals surface area contributed by atoms with Crippen LogP contribution in [0.3, 0.4) is 0 Å². The third-order valence-electron chi connectivity index (χ3n) is 3.71. The number of nitrogens with zero attached hydrogens (tertiary/aromatic N) is 3. The number of hydrogen-bond donors (Lipinski definition) is 1. The summed E-state index contributed by atoms with van der Waals surface area (Å²) in [6.07, 6.45) is 5.51. The molecule has 1 saturated heterocycles. The molecule has 0 saturated carbocycles. The Bertz CT molecular complexity index is 475. The average Bonchev–Trinajstić information content (AvgIpc) is 2.91. The molecule has 1 unspecified atom stereocenters. The van der Waals surface area contributed by atoms with E-state index in [0.29, 0.717) is 13.1 Å². The number of nitrogens with one attached hydrogen (secondary N) is 1. The van der Waals surface area contributed by atoms with Gasteiger partial charge in [-0.3, -0.25) is 9.59 Å². The Labute approximate surface area is 124 Å². The second kappa shape index (κ2) is 7.21. The van der Waals surface area contributed by atoms with Crippen molar-refractivity contribution in [3.8, 4) is 0 Å². The Morgan fingerprint density at radius 3 is 3.05 bits per heavy atom. The van der Waals surface area contributed by atoms with Crippen molar-refractivity contribution in [3.05, 3.63) is 18.2 Å². The minimum Gasteiger partial charge on any atom is -0.372 e. The van der Waals surface area contributed by atoms with E-state index >= 15 is 0 Å². The van der Waals surface area contributed by atoms with Gasteiger partial charge in [0.2, 0.25) is 5.91 Å². The van der Waals surface area contributed by atoms with Gasteiger partial charge in [0.25, 0.3) is 5.91 Å². The van der Waals surface area contributed by atoms with Crippen molar-refractivity contribution >= 4 is 11.8 Å². The molecule has 0 bridgehead atoms. The topological polar surface area (TPSA) is 78.5 Å². The summed E-state index contributed by atoms with van der Waals surface area (Å²) in [5, 5.41) is 0. The Balaban J connectivity index is 1.92. The number of H-pyrrole nitrogens is 1. The molecule has 1 N–H and O–H groups in total. The summed E-state index contributed by atoms with van der Waals surface area (Å²) in [6.45, 7) is 1.11. The number of amides is 2. The number of hydrogen-bond acceptors (Lipinski definition) is 4. The molecular weight excluding hydrogens is 272 g/mol. The van der Waals surface area contributed by atoms with Gasteiger partial charge in [0, 0.05) is 33.1 Å². The van der Waals surface area contributed by atoms with Crippen LogP contribution in [-0.2, 0) is 20.9 Å². The van der Waals surface area contributed by atoms with Crippen molar-refractivity contribution in [1.82, 2.24) is 19.8 Å². The normalized spacial score (nSPS) is 19.4. The summed E-state index contributed by atoms with van der Waals surface area (Å²) in [6, 6.07) is 0. The first-order valence-corrected chi connectivity index (χ1v) is 7.15. The molecule has 21 heavy (non-hydrogen) atoms. The molecule has 7 heteroatoms. The Kier molecular flexibility index (Phi) is 5.32. The molecule has 0 aliphatic carbocycles. The summed E-state index contributed by atoms with van der Waals surface area (Å²) in [5.74, 6) is 0.536. The van der Waals surface area contributed by atoms with Crippen molar-refractivity contribution in [2.75, 3.05) is 27.2 Å². The van der Waals surface area contributed by atoms with Gasteiger partial charge in [-0.05, 0) is 19.3 Å². The van der Waals surface area contributed by atoms with Crippen LogP contribution in [0.5, 0.6) is 0 Å². The van der Waals surface area contributed by atoms with E-state index in [9.17, 15) is 9.59 Å². The number of carbonyl (C=O) groups is 2. The minimum atomic E-state index is -0.421. The quantitative estimate of drug-likeness (QED) is 0.852. The number of imidazole rings is 1. The smallest absolute Gasteiger partial charge is 0.252 e. The number of rotatable bonds is 5. The van der Waals surface area contributed by atoms with Gasteiger partial charge >= 0.3 is 0 Å². The van der Waals surface area contributed by atoms with Gasteiger partial charge < -0.3 is 19.5 Å². The lowest BCUT2D eigenvalue weighted by Gasteiger charge is -2.25. The molecule has 2 heterocycles. The Morgan fingerprint density at radius 1 is 1.57 bits per heavy atom. The van der Waals surface area contributed by atoms with Crippen molar-refractivity contribution in [3.63, 3.8) is 0 Å². The maximum Gasteiger partial charge on any atom is 0.252 e. The zero-order chi connectivity index (χ0) is 15.2. The summed E-state index contributed by atoms with van der Waals surface area (Å²) in [4.78, 5) is 34.7. The molecule has 1 aromatic heterocycles.